The van der Waals surface area contributed by atoms with Crippen LogP contribution >= 0.6 is 23.4 Å². The van der Waals surface area contributed by atoms with Gasteiger partial charge in [0.1, 0.15) is 5.82 Å². The first kappa shape index (κ1) is 17.8. The van der Waals surface area contributed by atoms with Gasteiger partial charge in [-0.25, -0.2) is 4.39 Å². The molecule has 1 aliphatic rings. The summed E-state index contributed by atoms with van der Waals surface area (Å²) < 4.78 is 12.9. The quantitative estimate of drug-likeness (QED) is 0.876. The highest BCUT2D eigenvalue weighted by Crippen LogP contribution is 2.38. The molecule has 1 aliphatic heterocycles. The van der Waals surface area contributed by atoms with E-state index in [1.807, 2.05) is 6.07 Å². The zero-order valence-electron chi connectivity index (χ0n) is 13.5. The third kappa shape index (κ3) is 4.32. The standard InChI is InChI=1S/C18H16ClFN2O2S/c1-22(10-11-2-5-13(20)6-3-11)17(23)9-16-18(24)21-14-8-12(19)4-7-15(14)25-16/h2-8,16H,9-10H2,1H3,(H,21,24). The van der Waals surface area contributed by atoms with Gasteiger partial charge in [-0.2, -0.15) is 0 Å². The van der Waals surface area contributed by atoms with Crippen molar-refractivity contribution in [2.75, 3.05) is 12.4 Å². The van der Waals surface area contributed by atoms with Gasteiger partial charge in [0.2, 0.25) is 11.8 Å². The fourth-order valence-corrected chi connectivity index (χ4v) is 3.78. The molecule has 0 radical (unpaired) electrons. The Morgan fingerprint density at radius 2 is 2.00 bits per heavy atom. The molecule has 0 fully saturated rings. The minimum atomic E-state index is -0.489. The molecule has 0 saturated heterocycles. The number of benzene rings is 2. The number of amides is 2. The third-order valence-corrected chi connectivity index (χ3v) is 5.39. The molecule has 4 nitrogen and oxygen atoms in total. The van der Waals surface area contributed by atoms with Crippen LogP contribution in [0.2, 0.25) is 5.02 Å². The van der Waals surface area contributed by atoms with E-state index in [-0.39, 0.29) is 24.1 Å². The predicted octanol–water partition coefficient (Wildman–Crippen LogP) is 3.94. The molecule has 1 N–H and O–H groups in total. The summed E-state index contributed by atoms with van der Waals surface area (Å²) >= 11 is 7.29. The molecular weight excluding hydrogens is 363 g/mol. The molecule has 2 aromatic rings. The Balaban J connectivity index is 1.63. The van der Waals surface area contributed by atoms with Crippen molar-refractivity contribution in [3.05, 3.63) is 58.9 Å². The Hall–Kier alpha value is -2.05. The van der Waals surface area contributed by atoms with E-state index in [0.29, 0.717) is 17.3 Å². The zero-order chi connectivity index (χ0) is 18.0. The molecular formula is C18H16ClFN2O2S. The molecule has 3 rings (SSSR count). The third-order valence-electron chi connectivity index (χ3n) is 3.88. The van der Waals surface area contributed by atoms with Crippen molar-refractivity contribution in [1.82, 2.24) is 4.90 Å². The molecule has 1 heterocycles. The van der Waals surface area contributed by atoms with Gasteiger partial charge in [0.15, 0.2) is 0 Å². The topological polar surface area (TPSA) is 49.4 Å². The Morgan fingerprint density at radius 3 is 2.72 bits per heavy atom. The molecule has 1 atom stereocenters. The van der Waals surface area contributed by atoms with Crippen molar-refractivity contribution in [3.8, 4) is 0 Å². The summed E-state index contributed by atoms with van der Waals surface area (Å²) in [4.78, 5) is 27.1. The van der Waals surface area contributed by atoms with Crippen molar-refractivity contribution < 1.29 is 14.0 Å². The van der Waals surface area contributed by atoms with Crippen LogP contribution in [0, 0.1) is 5.82 Å². The maximum absolute atomic E-state index is 12.9. The number of fused-ring (bicyclic) bond motifs is 1. The lowest BCUT2D eigenvalue weighted by Crippen LogP contribution is -2.35. The van der Waals surface area contributed by atoms with Crippen molar-refractivity contribution in [1.29, 1.82) is 0 Å². The van der Waals surface area contributed by atoms with E-state index in [9.17, 15) is 14.0 Å². The fourth-order valence-electron chi connectivity index (χ4n) is 2.52. The lowest BCUT2D eigenvalue weighted by Gasteiger charge is -2.25. The number of hydrogen-bond acceptors (Lipinski definition) is 3. The van der Waals surface area contributed by atoms with Crippen LogP contribution in [0.3, 0.4) is 0 Å². The van der Waals surface area contributed by atoms with Gasteiger partial charge in [0, 0.05) is 29.9 Å². The number of carbonyl (C=O) groups is 2. The summed E-state index contributed by atoms with van der Waals surface area (Å²) in [7, 11) is 1.67. The van der Waals surface area contributed by atoms with E-state index in [4.69, 9.17) is 11.6 Å². The molecule has 2 amide bonds. The van der Waals surface area contributed by atoms with E-state index < -0.39 is 5.25 Å². The second kappa shape index (κ2) is 7.45. The Kier molecular flexibility index (Phi) is 5.30. The molecule has 1 unspecified atom stereocenters. The first-order valence-corrected chi connectivity index (χ1v) is 8.93. The number of rotatable bonds is 4. The minimum absolute atomic E-state index is 0.0935. The number of carbonyl (C=O) groups excluding carboxylic acids is 2. The van der Waals surface area contributed by atoms with E-state index >= 15 is 0 Å². The van der Waals surface area contributed by atoms with Crippen LogP contribution in [0.4, 0.5) is 10.1 Å². The predicted molar refractivity (Wildman–Crippen MR) is 97.2 cm³/mol. The largest absolute Gasteiger partial charge is 0.341 e. The summed E-state index contributed by atoms with van der Waals surface area (Å²) in [5.41, 5.74) is 1.50. The van der Waals surface area contributed by atoms with Gasteiger partial charge in [0.25, 0.3) is 0 Å². The van der Waals surface area contributed by atoms with Gasteiger partial charge in [-0.3, -0.25) is 9.59 Å². The molecule has 0 aliphatic carbocycles. The zero-order valence-corrected chi connectivity index (χ0v) is 15.0. The normalized spacial score (nSPS) is 16.1. The molecule has 0 spiro atoms. The van der Waals surface area contributed by atoms with Crippen LogP contribution in [-0.2, 0) is 16.1 Å². The number of halogens is 2. The highest BCUT2D eigenvalue weighted by molar-refractivity contribution is 8.01. The Labute approximate surface area is 154 Å². The SMILES string of the molecule is CN(Cc1ccc(F)cc1)C(=O)CC1Sc2ccc(Cl)cc2NC1=O. The van der Waals surface area contributed by atoms with Gasteiger partial charge >= 0.3 is 0 Å². The average Bonchev–Trinajstić information content (AvgIpc) is 2.57. The number of nitrogens with one attached hydrogen (secondary N) is 1. The first-order valence-electron chi connectivity index (χ1n) is 7.68. The van der Waals surface area contributed by atoms with Gasteiger partial charge < -0.3 is 10.2 Å². The molecule has 130 valence electrons. The summed E-state index contributed by atoms with van der Waals surface area (Å²) in [6, 6.07) is 11.3. The number of nitrogens with zero attached hydrogens (tertiary/aromatic N) is 1. The van der Waals surface area contributed by atoms with Crippen LogP contribution in [0.1, 0.15) is 12.0 Å². The second-order valence-corrected chi connectivity index (χ2v) is 7.50. The number of anilines is 1. The number of hydrogen-bond donors (Lipinski definition) is 1. The van der Waals surface area contributed by atoms with E-state index in [2.05, 4.69) is 5.32 Å². The van der Waals surface area contributed by atoms with E-state index in [0.717, 1.165) is 10.5 Å². The molecule has 25 heavy (non-hydrogen) atoms. The van der Waals surface area contributed by atoms with Crippen LogP contribution < -0.4 is 5.32 Å². The van der Waals surface area contributed by atoms with Crippen molar-refractivity contribution >= 4 is 40.9 Å². The lowest BCUT2D eigenvalue weighted by atomic mass is 10.2. The minimum Gasteiger partial charge on any atom is -0.341 e. The van der Waals surface area contributed by atoms with Crippen molar-refractivity contribution in [2.24, 2.45) is 0 Å². The monoisotopic (exact) mass is 378 g/mol. The number of thioether (sulfide) groups is 1. The van der Waals surface area contributed by atoms with Gasteiger partial charge in [-0.15, -0.1) is 11.8 Å². The molecule has 0 bridgehead atoms. The van der Waals surface area contributed by atoms with Crippen molar-refractivity contribution in [3.63, 3.8) is 0 Å². The molecule has 0 aromatic heterocycles. The van der Waals surface area contributed by atoms with Gasteiger partial charge in [-0.05, 0) is 35.9 Å². The molecule has 2 aromatic carbocycles. The fraction of sp³-hybridized carbons (Fsp3) is 0.222. The van der Waals surface area contributed by atoms with Crippen LogP contribution in [-0.4, -0.2) is 29.0 Å². The molecule has 7 heteroatoms. The average molecular weight is 379 g/mol. The van der Waals surface area contributed by atoms with Gasteiger partial charge in [0.05, 0.1) is 10.9 Å². The van der Waals surface area contributed by atoms with Crippen LogP contribution in [0.5, 0.6) is 0 Å². The Morgan fingerprint density at radius 1 is 1.28 bits per heavy atom. The van der Waals surface area contributed by atoms with Crippen LogP contribution in [0.15, 0.2) is 47.4 Å². The Bertz CT molecular complexity index is 813. The first-order chi connectivity index (χ1) is 11.9. The maximum Gasteiger partial charge on any atom is 0.238 e. The highest BCUT2D eigenvalue weighted by atomic mass is 35.5. The smallest absolute Gasteiger partial charge is 0.238 e. The summed E-state index contributed by atoms with van der Waals surface area (Å²) in [5, 5.41) is 2.85. The summed E-state index contributed by atoms with van der Waals surface area (Å²) in [6.45, 7) is 0.365. The summed E-state index contributed by atoms with van der Waals surface area (Å²) in [6.07, 6.45) is 0.0935. The van der Waals surface area contributed by atoms with Crippen LogP contribution in [0.25, 0.3) is 0 Å². The lowest BCUT2D eigenvalue weighted by molar-refractivity contribution is -0.131. The second-order valence-electron chi connectivity index (χ2n) is 5.82. The van der Waals surface area contributed by atoms with E-state index in [1.54, 1.807) is 36.2 Å². The molecule has 0 saturated carbocycles. The van der Waals surface area contributed by atoms with E-state index in [1.165, 1.54) is 23.9 Å². The summed E-state index contributed by atoms with van der Waals surface area (Å²) in [5.74, 6) is -0.663. The highest BCUT2D eigenvalue weighted by Gasteiger charge is 2.30. The maximum atomic E-state index is 12.9. The van der Waals surface area contributed by atoms with Gasteiger partial charge in [-0.1, -0.05) is 23.7 Å². The van der Waals surface area contributed by atoms with Crippen molar-refractivity contribution in [2.45, 2.75) is 23.1 Å².